The third-order valence-electron chi connectivity index (χ3n) is 3.16. The molecule has 1 unspecified atom stereocenters. The van der Waals surface area contributed by atoms with Crippen LogP contribution in [0.5, 0.6) is 0 Å². The second-order valence-electron chi connectivity index (χ2n) is 4.73. The molecule has 0 saturated carbocycles. The molecule has 1 fully saturated rings. The van der Waals surface area contributed by atoms with Crippen molar-refractivity contribution in [2.75, 3.05) is 16.8 Å². The molecule has 1 atom stereocenters. The van der Waals surface area contributed by atoms with Crippen LogP contribution in [0.1, 0.15) is 25.3 Å². The molecular weight excluding hydrogens is 232 g/mol. The molecule has 2 rings (SSSR count). The molecule has 3 N–H and O–H groups in total. The third kappa shape index (κ3) is 2.57. The zero-order valence-electron chi connectivity index (χ0n) is 10.2. The Morgan fingerprint density at radius 1 is 1.53 bits per heavy atom. The van der Waals surface area contributed by atoms with E-state index in [0.717, 1.165) is 29.8 Å². The maximum absolute atomic E-state index is 12.2. The number of hydrogen-bond acceptors (Lipinski definition) is 3. The predicted molar refractivity (Wildman–Crippen MR) is 74.3 cm³/mol. The number of amides is 1. The fourth-order valence-electron chi connectivity index (χ4n) is 1.99. The van der Waals surface area contributed by atoms with Gasteiger partial charge in [0.15, 0.2) is 0 Å². The van der Waals surface area contributed by atoms with Crippen LogP contribution in [0.25, 0.3) is 0 Å². The van der Waals surface area contributed by atoms with Crippen LogP contribution in [0, 0.1) is 6.92 Å². The quantitative estimate of drug-likeness (QED) is 0.794. The van der Waals surface area contributed by atoms with E-state index in [9.17, 15) is 4.79 Å². The monoisotopic (exact) mass is 250 g/mol. The van der Waals surface area contributed by atoms with Gasteiger partial charge >= 0.3 is 0 Å². The van der Waals surface area contributed by atoms with Crippen LogP contribution < -0.4 is 11.1 Å². The number of aryl methyl sites for hydroxylation is 1. The first kappa shape index (κ1) is 12.3. The highest BCUT2D eigenvalue weighted by molar-refractivity contribution is 8.01. The number of nitrogens with two attached hydrogens (primary N) is 1. The van der Waals surface area contributed by atoms with Crippen molar-refractivity contribution in [1.82, 2.24) is 0 Å². The lowest BCUT2D eigenvalue weighted by Crippen LogP contribution is -2.34. The number of benzene rings is 1. The van der Waals surface area contributed by atoms with Crippen molar-refractivity contribution in [2.45, 2.75) is 31.4 Å². The Kier molecular flexibility index (Phi) is 3.33. The molecule has 0 spiro atoms. The van der Waals surface area contributed by atoms with E-state index in [1.54, 1.807) is 11.8 Å². The number of anilines is 2. The molecule has 3 nitrogen and oxygen atoms in total. The Morgan fingerprint density at radius 2 is 2.29 bits per heavy atom. The Morgan fingerprint density at radius 3 is 2.94 bits per heavy atom. The smallest absolute Gasteiger partial charge is 0.240 e. The summed E-state index contributed by atoms with van der Waals surface area (Å²) in [7, 11) is 0. The molecule has 1 aliphatic heterocycles. The summed E-state index contributed by atoms with van der Waals surface area (Å²) in [4.78, 5) is 12.2. The molecule has 1 aliphatic rings. The van der Waals surface area contributed by atoms with E-state index in [1.807, 2.05) is 32.0 Å². The maximum Gasteiger partial charge on any atom is 0.240 e. The van der Waals surface area contributed by atoms with Gasteiger partial charge < -0.3 is 11.1 Å². The topological polar surface area (TPSA) is 55.1 Å². The summed E-state index contributed by atoms with van der Waals surface area (Å²) < 4.78 is -0.295. The van der Waals surface area contributed by atoms with E-state index in [2.05, 4.69) is 5.32 Å². The molecule has 1 aromatic rings. The highest BCUT2D eigenvalue weighted by Gasteiger charge is 2.37. The predicted octanol–water partition coefficient (Wildman–Crippen LogP) is 2.80. The average Bonchev–Trinajstić information content (AvgIpc) is 2.72. The molecule has 1 amide bonds. The molecule has 1 aromatic carbocycles. The number of rotatable bonds is 2. The van der Waals surface area contributed by atoms with E-state index in [4.69, 9.17) is 5.73 Å². The van der Waals surface area contributed by atoms with E-state index in [0.29, 0.717) is 5.69 Å². The van der Waals surface area contributed by atoms with Crippen molar-refractivity contribution < 1.29 is 4.79 Å². The standard InChI is InChI=1S/C13H18N2OS/c1-9-4-5-10(14)11(8-9)15-12(16)13(2)6-3-7-17-13/h4-5,8H,3,6-7,14H2,1-2H3,(H,15,16). The van der Waals surface area contributed by atoms with E-state index in [-0.39, 0.29) is 10.7 Å². The molecule has 1 heterocycles. The number of thioether (sulfide) groups is 1. The second-order valence-corrected chi connectivity index (χ2v) is 6.33. The van der Waals surface area contributed by atoms with Crippen molar-refractivity contribution in [1.29, 1.82) is 0 Å². The van der Waals surface area contributed by atoms with E-state index >= 15 is 0 Å². The van der Waals surface area contributed by atoms with Gasteiger partial charge in [-0.25, -0.2) is 0 Å². The average molecular weight is 250 g/mol. The normalized spacial score (nSPS) is 23.6. The summed E-state index contributed by atoms with van der Waals surface area (Å²) in [5.74, 6) is 1.13. The SMILES string of the molecule is Cc1ccc(N)c(NC(=O)C2(C)CCCS2)c1. The number of hydrogen-bond donors (Lipinski definition) is 2. The minimum absolute atomic E-state index is 0.0669. The summed E-state index contributed by atoms with van der Waals surface area (Å²) >= 11 is 1.73. The van der Waals surface area contributed by atoms with Gasteiger partial charge in [-0.3, -0.25) is 4.79 Å². The molecule has 4 heteroatoms. The van der Waals surface area contributed by atoms with Gasteiger partial charge in [-0.05, 0) is 50.1 Å². The lowest BCUT2D eigenvalue weighted by molar-refractivity contribution is -0.118. The fourth-order valence-corrected chi connectivity index (χ4v) is 3.20. The molecule has 92 valence electrons. The van der Waals surface area contributed by atoms with Gasteiger partial charge in [0.2, 0.25) is 5.91 Å². The summed E-state index contributed by atoms with van der Waals surface area (Å²) in [6.45, 7) is 3.99. The minimum atomic E-state index is -0.295. The number of nitrogens with one attached hydrogen (secondary N) is 1. The first-order chi connectivity index (χ1) is 8.01. The summed E-state index contributed by atoms with van der Waals surface area (Å²) in [6, 6.07) is 5.68. The first-order valence-electron chi connectivity index (χ1n) is 5.83. The Hall–Kier alpha value is -1.16. The molecule has 0 bridgehead atoms. The van der Waals surface area contributed by atoms with E-state index < -0.39 is 0 Å². The lowest BCUT2D eigenvalue weighted by atomic mass is 10.0. The van der Waals surface area contributed by atoms with E-state index in [1.165, 1.54) is 0 Å². The van der Waals surface area contributed by atoms with Crippen molar-refractivity contribution in [3.8, 4) is 0 Å². The highest BCUT2D eigenvalue weighted by Crippen LogP contribution is 2.38. The summed E-state index contributed by atoms with van der Waals surface area (Å²) in [5.41, 5.74) is 8.30. The minimum Gasteiger partial charge on any atom is -0.397 e. The van der Waals surface area contributed by atoms with Crippen LogP contribution in [0.3, 0.4) is 0 Å². The summed E-state index contributed by atoms with van der Waals surface area (Å²) in [6.07, 6.45) is 2.05. The van der Waals surface area contributed by atoms with Gasteiger partial charge in [0.05, 0.1) is 16.1 Å². The van der Waals surface area contributed by atoms with Gasteiger partial charge in [0, 0.05) is 0 Å². The molecule has 1 saturated heterocycles. The van der Waals surface area contributed by atoms with Gasteiger partial charge in [-0.15, -0.1) is 11.8 Å². The number of nitrogen functional groups attached to an aromatic ring is 1. The Balaban J connectivity index is 2.15. The number of carbonyl (C=O) groups is 1. The van der Waals surface area contributed by atoms with Gasteiger partial charge in [-0.2, -0.15) is 0 Å². The van der Waals surface area contributed by atoms with Gasteiger partial charge in [-0.1, -0.05) is 6.07 Å². The molecule has 0 aliphatic carbocycles. The Labute approximate surface area is 106 Å². The van der Waals surface area contributed by atoms with Crippen LogP contribution in [0.4, 0.5) is 11.4 Å². The van der Waals surface area contributed by atoms with Crippen LogP contribution in [-0.4, -0.2) is 16.4 Å². The highest BCUT2D eigenvalue weighted by atomic mass is 32.2. The van der Waals surface area contributed by atoms with Crippen LogP contribution >= 0.6 is 11.8 Å². The Bertz CT molecular complexity index is 439. The van der Waals surface area contributed by atoms with Gasteiger partial charge in [0.1, 0.15) is 0 Å². The van der Waals surface area contributed by atoms with Gasteiger partial charge in [0.25, 0.3) is 0 Å². The van der Waals surface area contributed by atoms with Crippen LogP contribution in [0.2, 0.25) is 0 Å². The second kappa shape index (κ2) is 4.61. The van der Waals surface area contributed by atoms with Crippen molar-refractivity contribution in [2.24, 2.45) is 0 Å². The third-order valence-corrected chi connectivity index (χ3v) is 4.68. The molecule has 17 heavy (non-hydrogen) atoms. The lowest BCUT2D eigenvalue weighted by Gasteiger charge is -2.22. The summed E-state index contributed by atoms with van der Waals surface area (Å²) in [5, 5.41) is 2.95. The zero-order valence-corrected chi connectivity index (χ0v) is 11.1. The maximum atomic E-state index is 12.2. The molecule has 0 radical (unpaired) electrons. The number of carbonyl (C=O) groups excluding carboxylic acids is 1. The van der Waals surface area contributed by atoms with Crippen molar-refractivity contribution >= 4 is 29.0 Å². The van der Waals surface area contributed by atoms with Crippen molar-refractivity contribution in [3.05, 3.63) is 23.8 Å². The zero-order chi connectivity index (χ0) is 12.5. The molecular formula is C13H18N2OS. The van der Waals surface area contributed by atoms with Crippen LogP contribution in [0.15, 0.2) is 18.2 Å². The largest absolute Gasteiger partial charge is 0.397 e. The van der Waals surface area contributed by atoms with Crippen LogP contribution in [-0.2, 0) is 4.79 Å². The van der Waals surface area contributed by atoms with Crippen molar-refractivity contribution in [3.63, 3.8) is 0 Å². The fraction of sp³-hybridized carbons (Fsp3) is 0.462. The molecule has 0 aromatic heterocycles. The first-order valence-corrected chi connectivity index (χ1v) is 6.81.